The number of hydrazine groups is 1. The van der Waals surface area contributed by atoms with E-state index < -0.39 is 5.60 Å². The Hall–Kier alpha value is -1.95. The van der Waals surface area contributed by atoms with Crippen LogP contribution < -0.4 is 26.2 Å². The van der Waals surface area contributed by atoms with Crippen molar-refractivity contribution in [3.63, 3.8) is 0 Å². The van der Waals surface area contributed by atoms with Gasteiger partial charge in [0.25, 0.3) is 0 Å². The van der Waals surface area contributed by atoms with Gasteiger partial charge in [-0.3, -0.25) is 30.7 Å². The van der Waals surface area contributed by atoms with E-state index in [-0.39, 0.29) is 36.5 Å². The molecule has 270 valence electrons. The number of nitrogens with one attached hydrogen (secondary N) is 4. The van der Waals surface area contributed by atoms with E-state index in [1.54, 1.807) is 0 Å². The maximum Gasteiger partial charge on any atom is 0.244 e. The summed E-state index contributed by atoms with van der Waals surface area (Å²) in [6, 6.07) is 8.91. The molecule has 5 saturated heterocycles. The summed E-state index contributed by atoms with van der Waals surface area (Å²) < 4.78 is 0. The minimum absolute atomic E-state index is 0.0309. The number of nitrogens with zero attached hydrogens (tertiary/aromatic N) is 4. The second-order valence-corrected chi connectivity index (χ2v) is 15.6. The van der Waals surface area contributed by atoms with Crippen molar-refractivity contribution in [3.05, 3.63) is 24.3 Å². The minimum Gasteiger partial charge on any atom is -0.389 e. The molecule has 5 aliphatic rings. The molecule has 1 aromatic rings. The van der Waals surface area contributed by atoms with Gasteiger partial charge in [-0.15, -0.1) is 0 Å². The lowest BCUT2D eigenvalue weighted by Gasteiger charge is -2.47. The summed E-state index contributed by atoms with van der Waals surface area (Å²) in [7, 11) is 0. The largest absolute Gasteiger partial charge is 0.389 e. The standard InChI is InChI=1S/C38H66N8O2/c1-3-4-5-6-7-8-9-10-13-23-43-25-27-44(28-26-43)31-20-18-30(19-21-31)40-37-39-29-32-35(42-37)46-34-17-15-16-33(41-34)38(2,48)22-12-11-14-24-45(46)36(32)47/h18-21,32-35,37,39-42,48H,3-17,22-29H2,1-2H3/t32?,33?,34?,35?,37?,38-/m0/s1. The average molecular weight is 667 g/mol. The molecular formula is C38H66N8O2. The van der Waals surface area contributed by atoms with E-state index in [1.807, 2.05) is 11.9 Å². The molecule has 0 spiro atoms. The summed E-state index contributed by atoms with van der Waals surface area (Å²) in [5.41, 5.74) is 1.63. The molecule has 10 nitrogen and oxygen atoms in total. The second-order valence-electron chi connectivity index (χ2n) is 15.6. The highest BCUT2D eigenvalue weighted by Crippen LogP contribution is 2.35. The van der Waals surface area contributed by atoms with Crippen LogP contribution >= 0.6 is 0 Å². The topological polar surface area (TPSA) is 98.4 Å². The molecule has 2 bridgehead atoms. The van der Waals surface area contributed by atoms with E-state index in [4.69, 9.17) is 0 Å². The van der Waals surface area contributed by atoms with Gasteiger partial charge in [0, 0.05) is 56.7 Å². The number of hydrogen-bond acceptors (Lipinski definition) is 9. The normalized spacial score (nSPS) is 32.1. The fraction of sp³-hybridized carbons (Fsp3) is 0.816. The molecule has 6 atom stereocenters. The summed E-state index contributed by atoms with van der Waals surface area (Å²) in [5.74, 6) is 0.0843. The number of piperidine rings is 1. The fourth-order valence-corrected chi connectivity index (χ4v) is 8.84. The van der Waals surface area contributed by atoms with Crippen molar-refractivity contribution in [2.45, 2.75) is 147 Å². The third-order valence-corrected chi connectivity index (χ3v) is 11.9. The van der Waals surface area contributed by atoms with Crippen LogP contribution in [0.25, 0.3) is 0 Å². The Morgan fingerprint density at radius 3 is 2.33 bits per heavy atom. The number of amides is 1. The molecule has 5 unspecified atom stereocenters. The van der Waals surface area contributed by atoms with Gasteiger partial charge in [-0.25, -0.2) is 0 Å². The van der Waals surface area contributed by atoms with Gasteiger partial charge in [-0.1, -0.05) is 71.1 Å². The van der Waals surface area contributed by atoms with E-state index in [0.29, 0.717) is 6.54 Å². The molecule has 1 amide bonds. The molecule has 5 fully saturated rings. The van der Waals surface area contributed by atoms with E-state index >= 15 is 0 Å². The molecule has 6 rings (SSSR count). The maximum absolute atomic E-state index is 13.7. The molecular weight excluding hydrogens is 600 g/mol. The van der Waals surface area contributed by atoms with Crippen LogP contribution in [0.1, 0.15) is 117 Å². The number of carbonyl (C=O) groups is 1. The van der Waals surface area contributed by atoms with E-state index in [2.05, 4.69) is 67.3 Å². The predicted molar refractivity (Wildman–Crippen MR) is 195 cm³/mol. The lowest BCUT2D eigenvalue weighted by atomic mass is 9.84. The maximum atomic E-state index is 13.7. The van der Waals surface area contributed by atoms with Gasteiger partial charge in [0.2, 0.25) is 5.91 Å². The highest BCUT2D eigenvalue weighted by Gasteiger charge is 2.52. The van der Waals surface area contributed by atoms with Gasteiger partial charge in [0.15, 0.2) is 0 Å². The Balaban J connectivity index is 0.968. The molecule has 48 heavy (non-hydrogen) atoms. The summed E-state index contributed by atoms with van der Waals surface area (Å²) in [5, 5.41) is 30.4. The molecule has 0 aromatic heterocycles. The van der Waals surface area contributed by atoms with E-state index in [1.165, 1.54) is 70.0 Å². The fourth-order valence-electron chi connectivity index (χ4n) is 8.84. The number of anilines is 2. The Labute approximate surface area is 290 Å². The molecule has 0 aliphatic carbocycles. The third-order valence-electron chi connectivity index (χ3n) is 11.9. The average Bonchev–Trinajstić information content (AvgIpc) is 3.37. The first-order valence-corrected chi connectivity index (χ1v) is 19.8. The molecule has 5 aliphatic heterocycles. The summed E-state index contributed by atoms with van der Waals surface area (Å²) >= 11 is 0. The number of fused-ring (bicyclic) bond motifs is 6. The molecule has 1 aromatic carbocycles. The van der Waals surface area contributed by atoms with E-state index in [0.717, 1.165) is 83.4 Å². The quantitative estimate of drug-likeness (QED) is 0.186. The van der Waals surface area contributed by atoms with Crippen LogP contribution in [-0.4, -0.2) is 102 Å². The van der Waals surface area contributed by atoms with Gasteiger partial charge < -0.3 is 15.3 Å². The molecule has 5 N–H and O–H groups in total. The van der Waals surface area contributed by atoms with Crippen molar-refractivity contribution in [3.8, 4) is 0 Å². The number of aliphatic hydroxyl groups is 1. The third kappa shape index (κ3) is 9.04. The Morgan fingerprint density at radius 2 is 1.58 bits per heavy atom. The molecule has 0 saturated carbocycles. The number of piperazine rings is 1. The first kappa shape index (κ1) is 35.9. The van der Waals surface area contributed by atoms with Crippen molar-refractivity contribution in [2.75, 3.05) is 56.0 Å². The highest BCUT2D eigenvalue weighted by atomic mass is 16.3. The zero-order valence-electron chi connectivity index (χ0n) is 30.1. The smallest absolute Gasteiger partial charge is 0.244 e. The zero-order chi connectivity index (χ0) is 33.3. The molecule has 5 heterocycles. The van der Waals surface area contributed by atoms with Gasteiger partial charge in [-0.2, -0.15) is 5.01 Å². The van der Waals surface area contributed by atoms with Gasteiger partial charge in [0.05, 0.1) is 23.9 Å². The predicted octanol–water partition coefficient (Wildman–Crippen LogP) is 5.02. The van der Waals surface area contributed by atoms with Crippen molar-refractivity contribution in [1.82, 2.24) is 30.9 Å². The number of hydrogen-bond donors (Lipinski definition) is 5. The number of rotatable bonds is 13. The lowest BCUT2D eigenvalue weighted by molar-refractivity contribution is -0.148. The van der Waals surface area contributed by atoms with Crippen LogP contribution in [0.4, 0.5) is 11.4 Å². The van der Waals surface area contributed by atoms with Crippen molar-refractivity contribution < 1.29 is 9.90 Å². The van der Waals surface area contributed by atoms with Crippen molar-refractivity contribution in [1.29, 1.82) is 0 Å². The van der Waals surface area contributed by atoms with Crippen LogP contribution in [0, 0.1) is 5.92 Å². The van der Waals surface area contributed by atoms with Gasteiger partial charge in [-0.05, 0) is 76.3 Å². The second kappa shape index (κ2) is 17.3. The molecule has 10 heteroatoms. The van der Waals surface area contributed by atoms with E-state index in [9.17, 15) is 9.90 Å². The Morgan fingerprint density at radius 1 is 0.854 bits per heavy atom. The van der Waals surface area contributed by atoms with Crippen LogP contribution in [0.2, 0.25) is 0 Å². The lowest BCUT2D eigenvalue weighted by Crippen LogP contribution is -2.69. The number of benzene rings is 1. The van der Waals surface area contributed by atoms with Gasteiger partial charge >= 0.3 is 0 Å². The summed E-state index contributed by atoms with van der Waals surface area (Å²) in [6.45, 7) is 11.4. The zero-order valence-corrected chi connectivity index (χ0v) is 30.1. The van der Waals surface area contributed by atoms with Crippen LogP contribution in [0.3, 0.4) is 0 Å². The number of carbonyl (C=O) groups excluding carboxylic acids is 1. The number of unbranched alkanes of at least 4 members (excludes halogenated alkanes) is 8. The SMILES string of the molecule is CCCCCCCCCCCN1CCN(c2ccc(NC3NCC4C(=O)N5CCCCC[C@](C)(O)C6CCCC(N6)N5C4N3)cc2)CC1. The van der Waals surface area contributed by atoms with Crippen LogP contribution in [0.15, 0.2) is 24.3 Å². The minimum atomic E-state index is -0.727. The summed E-state index contributed by atoms with van der Waals surface area (Å²) in [4.78, 5) is 18.9. The van der Waals surface area contributed by atoms with Gasteiger partial charge in [0.1, 0.15) is 6.29 Å². The van der Waals surface area contributed by atoms with Crippen LogP contribution in [-0.2, 0) is 4.79 Å². The molecule has 0 radical (unpaired) electrons. The van der Waals surface area contributed by atoms with Crippen molar-refractivity contribution >= 4 is 17.3 Å². The summed E-state index contributed by atoms with van der Waals surface area (Å²) in [6.07, 6.45) is 19.1. The first-order valence-electron chi connectivity index (χ1n) is 19.8. The Bertz CT molecular complexity index is 1130. The highest BCUT2D eigenvalue weighted by molar-refractivity contribution is 5.81. The van der Waals surface area contributed by atoms with Crippen LogP contribution in [0.5, 0.6) is 0 Å². The first-order chi connectivity index (χ1) is 23.4. The Kier molecular flexibility index (Phi) is 12.9. The monoisotopic (exact) mass is 667 g/mol. The van der Waals surface area contributed by atoms with Crippen molar-refractivity contribution in [2.24, 2.45) is 5.92 Å².